The van der Waals surface area contributed by atoms with Crippen molar-refractivity contribution in [1.29, 1.82) is 0 Å². The van der Waals surface area contributed by atoms with Crippen molar-refractivity contribution in [3.8, 4) is 11.5 Å². The molecule has 1 saturated heterocycles. The Kier molecular flexibility index (Phi) is 3.93. The number of carbonyl (C=O) groups excluding carboxylic acids is 1. The topological polar surface area (TPSA) is 71.3 Å². The van der Waals surface area contributed by atoms with Crippen molar-refractivity contribution < 1.29 is 18.0 Å². The average molecular weight is 362 g/mol. The van der Waals surface area contributed by atoms with Crippen molar-refractivity contribution >= 4 is 11.9 Å². The van der Waals surface area contributed by atoms with E-state index in [0.717, 1.165) is 5.56 Å². The maximum atomic E-state index is 13.5. The third-order valence-corrected chi connectivity index (χ3v) is 5.33. The first-order valence-electron chi connectivity index (χ1n) is 8.76. The normalized spacial score (nSPS) is 24.7. The van der Waals surface area contributed by atoms with E-state index in [2.05, 4.69) is 15.5 Å². The third kappa shape index (κ3) is 2.83. The van der Waals surface area contributed by atoms with Crippen LogP contribution in [0.1, 0.15) is 26.2 Å². The minimum absolute atomic E-state index is 0.113. The Morgan fingerprint density at radius 2 is 2.08 bits per heavy atom. The second kappa shape index (κ2) is 6.03. The van der Waals surface area contributed by atoms with Gasteiger partial charge in [0.05, 0.1) is 5.41 Å². The summed E-state index contributed by atoms with van der Waals surface area (Å²) in [5.74, 6) is -2.48. The fraction of sp³-hybridized carbons (Fsp3) is 0.500. The number of amides is 1. The van der Waals surface area contributed by atoms with Crippen LogP contribution in [0.15, 0.2) is 34.7 Å². The number of nitrogens with one attached hydrogen (secondary N) is 1. The molecule has 0 bridgehead atoms. The van der Waals surface area contributed by atoms with Crippen molar-refractivity contribution in [3.63, 3.8) is 0 Å². The summed E-state index contributed by atoms with van der Waals surface area (Å²) >= 11 is 0. The zero-order valence-corrected chi connectivity index (χ0v) is 14.4. The number of carbonyl (C=O) groups is 1. The molecule has 1 aromatic carbocycles. The molecule has 138 valence electrons. The molecule has 2 fully saturated rings. The van der Waals surface area contributed by atoms with Crippen LogP contribution in [-0.2, 0) is 4.79 Å². The molecule has 1 saturated carbocycles. The lowest BCUT2D eigenvalue weighted by Gasteiger charge is -2.22. The lowest BCUT2D eigenvalue weighted by atomic mass is 10.1. The Hall–Kier alpha value is -2.51. The molecule has 1 N–H and O–H groups in total. The van der Waals surface area contributed by atoms with Crippen LogP contribution in [0, 0.1) is 5.41 Å². The van der Waals surface area contributed by atoms with Crippen LogP contribution in [0.4, 0.5) is 14.8 Å². The number of aromatic nitrogens is 2. The van der Waals surface area contributed by atoms with Crippen molar-refractivity contribution in [1.82, 2.24) is 15.1 Å². The van der Waals surface area contributed by atoms with Crippen molar-refractivity contribution in [3.05, 3.63) is 30.3 Å². The zero-order chi connectivity index (χ0) is 18.4. The number of rotatable bonds is 5. The Labute approximate surface area is 149 Å². The summed E-state index contributed by atoms with van der Waals surface area (Å²) in [7, 11) is 0. The first-order chi connectivity index (χ1) is 12.4. The number of alkyl halides is 2. The highest BCUT2D eigenvalue weighted by atomic mass is 19.3. The van der Waals surface area contributed by atoms with Crippen molar-refractivity contribution in [2.75, 3.05) is 18.4 Å². The molecule has 2 aromatic rings. The minimum Gasteiger partial charge on any atom is -0.403 e. The Balaban J connectivity index is 1.42. The zero-order valence-electron chi connectivity index (χ0n) is 14.4. The molecular formula is C18H20F2N4O2. The molecular weight excluding hydrogens is 342 g/mol. The summed E-state index contributed by atoms with van der Waals surface area (Å²) in [6, 6.07) is 8.87. The first kappa shape index (κ1) is 16.9. The summed E-state index contributed by atoms with van der Waals surface area (Å²) in [6.07, 6.45) is 0.737. The van der Waals surface area contributed by atoms with E-state index in [1.165, 1.54) is 4.90 Å². The van der Waals surface area contributed by atoms with Gasteiger partial charge in [0.1, 0.15) is 6.04 Å². The number of halogens is 2. The number of nitrogens with zero attached hydrogens (tertiary/aromatic N) is 3. The van der Waals surface area contributed by atoms with Gasteiger partial charge in [0, 0.05) is 25.1 Å². The van der Waals surface area contributed by atoms with Crippen LogP contribution in [-0.4, -0.2) is 46.1 Å². The summed E-state index contributed by atoms with van der Waals surface area (Å²) in [6.45, 7) is 2.34. The van der Waals surface area contributed by atoms with E-state index in [4.69, 9.17) is 4.42 Å². The molecule has 1 aliphatic carbocycles. The van der Waals surface area contributed by atoms with Gasteiger partial charge in [-0.2, -0.15) is 0 Å². The van der Waals surface area contributed by atoms with Gasteiger partial charge in [-0.25, -0.2) is 8.78 Å². The van der Waals surface area contributed by atoms with Crippen LogP contribution in [0.2, 0.25) is 0 Å². The molecule has 1 amide bonds. The van der Waals surface area contributed by atoms with Gasteiger partial charge in [-0.15, -0.1) is 5.10 Å². The average Bonchev–Trinajstić information content (AvgIpc) is 3.05. The summed E-state index contributed by atoms with van der Waals surface area (Å²) in [5.41, 5.74) is -0.212. The monoisotopic (exact) mass is 362 g/mol. The second-order valence-electron chi connectivity index (χ2n) is 7.05. The van der Waals surface area contributed by atoms with Gasteiger partial charge < -0.3 is 14.6 Å². The molecule has 26 heavy (non-hydrogen) atoms. The maximum absolute atomic E-state index is 13.5. The van der Waals surface area contributed by atoms with E-state index in [1.807, 2.05) is 37.3 Å². The standard InChI is InChI=1S/C18H20F2N4O2/c1-2-13(15(25)24-9-8-17(11-24)10-18(17,19)20)21-16-23-22-14(26-16)12-6-4-3-5-7-12/h3-7,13H,2,8-11H2,1H3,(H,21,23)/t13-,17?/m1/s1. The number of anilines is 1. The number of likely N-dealkylation sites (tertiary alicyclic amines) is 1. The molecule has 4 rings (SSSR count). The van der Waals surface area contributed by atoms with Crippen LogP contribution in [0.5, 0.6) is 0 Å². The van der Waals surface area contributed by atoms with Crippen LogP contribution in [0.25, 0.3) is 11.5 Å². The predicted molar refractivity (Wildman–Crippen MR) is 90.6 cm³/mol. The second-order valence-corrected chi connectivity index (χ2v) is 7.05. The van der Waals surface area contributed by atoms with Gasteiger partial charge in [-0.05, 0) is 25.0 Å². The fourth-order valence-electron chi connectivity index (χ4n) is 3.57. The molecule has 8 heteroatoms. The molecule has 2 atom stereocenters. The third-order valence-electron chi connectivity index (χ3n) is 5.33. The minimum atomic E-state index is -2.63. The highest BCUT2D eigenvalue weighted by Gasteiger charge is 2.73. The van der Waals surface area contributed by atoms with E-state index in [0.29, 0.717) is 25.3 Å². The number of hydrogen-bond acceptors (Lipinski definition) is 5. The predicted octanol–water partition coefficient (Wildman–Crippen LogP) is 3.18. The van der Waals surface area contributed by atoms with Crippen LogP contribution in [0.3, 0.4) is 0 Å². The molecule has 6 nitrogen and oxygen atoms in total. The smallest absolute Gasteiger partial charge is 0.316 e. The van der Waals surface area contributed by atoms with Gasteiger partial charge in [-0.3, -0.25) is 4.79 Å². The van der Waals surface area contributed by atoms with Gasteiger partial charge in [0.2, 0.25) is 11.8 Å². The van der Waals surface area contributed by atoms with E-state index in [9.17, 15) is 13.6 Å². The van der Waals surface area contributed by atoms with Crippen LogP contribution >= 0.6 is 0 Å². The van der Waals surface area contributed by atoms with Gasteiger partial charge in [-0.1, -0.05) is 30.2 Å². The largest absolute Gasteiger partial charge is 0.403 e. The highest BCUT2D eigenvalue weighted by Crippen LogP contribution is 2.65. The van der Waals surface area contributed by atoms with E-state index >= 15 is 0 Å². The van der Waals surface area contributed by atoms with E-state index in [-0.39, 0.29) is 24.9 Å². The number of hydrogen-bond donors (Lipinski definition) is 1. The lowest BCUT2D eigenvalue weighted by molar-refractivity contribution is -0.131. The molecule has 2 aliphatic rings. The first-order valence-corrected chi connectivity index (χ1v) is 8.76. The van der Waals surface area contributed by atoms with E-state index in [1.54, 1.807) is 0 Å². The Morgan fingerprint density at radius 3 is 2.69 bits per heavy atom. The molecule has 1 spiro atoms. The molecule has 2 heterocycles. The molecule has 1 aliphatic heterocycles. The molecule has 1 aromatic heterocycles. The summed E-state index contributed by atoms with van der Waals surface area (Å²) < 4.78 is 32.6. The Morgan fingerprint density at radius 1 is 1.35 bits per heavy atom. The molecule has 0 radical (unpaired) electrons. The van der Waals surface area contributed by atoms with Gasteiger partial charge in [0.25, 0.3) is 5.92 Å². The fourth-order valence-corrected chi connectivity index (χ4v) is 3.57. The highest BCUT2D eigenvalue weighted by molar-refractivity contribution is 5.84. The van der Waals surface area contributed by atoms with Gasteiger partial charge in [0.15, 0.2) is 0 Å². The lowest BCUT2D eigenvalue weighted by Crippen LogP contribution is -2.42. The SMILES string of the molecule is CC[C@@H](Nc1nnc(-c2ccccc2)o1)C(=O)N1CCC2(C1)CC2(F)F. The summed E-state index contributed by atoms with van der Waals surface area (Å²) in [4.78, 5) is 14.2. The summed E-state index contributed by atoms with van der Waals surface area (Å²) in [5, 5.41) is 10.9. The van der Waals surface area contributed by atoms with Crippen LogP contribution < -0.4 is 5.32 Å². The molecule has 1 unspecified atom stereocenters. The van der Waals surface area contributed by atoms with Crippen molar-refractivity contribution in [2.45, 2.75) is 38.2 Å². The maximum Gasteiger partial charge on any atom is 0.316 e. The Bertz CT molecular complexity index is 811. The quantitative estimate of drug-likeness (QED) is 0.885. The van der Waals surface area contributed by atoms with Crippen molar-refractivity contribution in [2.24, 2.45) is 5.41 Å². The van der Waals surface area contributed by atoms with E-state index < -0.39 is 17.4 Å². The number of benzene rings is 1. The van der Waals surface area contributed by atoms with Gasteiger partial charge >= 0.3 is 6.01 Å².